The molecule has 1 aliphatic heterocycles. The number of para-hydroxylation sites is 1. The van der Waals surface area contributed by atoms with E-state index in [1.54, 1.807) is 6.07 Å². The Bertz CT molecular complexity index is 993. The zero-order valence-corrected chi connectivity index (χ0v) is 15.5. The molecule has 1 fully saturated rings. The Balaban J connectivity index is 1.46. The zero-order chi connectivity index (χ0) is 18.1. The molecule has 0 amide bonds. The van der Waals surface area contributed by atoms with Gasteiger partial charge in [0.05, 0.1) is 17.4 Å². The molecule has 0 spiro atoms. The molecule has 2 heterocycles. The van der Waals surface area contributed by atoms with Crippen LogP contribution in [-0.2, 0) is 6.54 Å². The van der Waals surface area contributed by atoms with E-state index in [-0.39, 0.29) is 5.56 Å². The molecule has 4 rings (SSSR count). The second-order valence-corrected chi connectivity index (χ2v) is 7.16. The smallest absolute Gasteiger partial charge is 0.258 e. The number of hydrogen-bond acceptors (Lipinski definition) is 4. The van der Waals surface area contributed by atoms with Gasteiger partial charge in [-0.3, -0.25) is 9.69 Å². The lowest BCUT2D eigenvalue weighted by Gasteiger charge is -2.36. The summed E-state index contributed by atoms with van der Waals surface area (Å²) >= 11 is 6.16. The van der Waals surface area contributed by atoms with Crippen LogP contribution in [0.1, 0.15) is 11.4 Å². The van der Waals surface area contributed by atoms with Crippen LogP contribution in [0.15, 0.2) is 47.3 Å². The fraction of sp³-hybridized carbons (Fsp3) is 0.300. The lowest BCUT2D eigenvalue weighted by Crippen LogP contribution is -2.46. The van der Waals surface area contributed by atoms with E-state index < -0.39 is 0 Å². The van der Waals surface area contributed by atoms with E-state index in [1.807, 2.05) is 30.3 Å². The van der Waals surface area contributed by atoms with Crippen molar-refractivity contribution in [3.63, 3.8) is 0 Å². The molecule has 0 saturated carbocycles. The molecule has 0 aliphatic carbocycles. The summed E-state index contributed by atoms with van der Waals surface area (Å²) in [6.07, 6.45) is 0. The van der Waals surface area contributed by atoms with Gasteiger partial charge in [-0.1, -0.05) is 29.8 Å². The number of aromatic amines is 1. The SMILES string of the molecule is Cc1ccc(Cl)cc1N1CCN(Cc2nc3ccccc3c(=O)[nH]2)CC1. The summed E-state index contributed by atoms with van der Waals surface area (Å²) in [4.78, 5) is 24.4. The average Bonchev–Trinajstić information content (AvgIpc) is 2.64. The highest BCUT2D eigenvalue weighted by Gasteiger charge is 2.19. The van der Waals surface area contributed by atoms with Gasteiger partial charge >= 0.3 is 0 Å². The van der Waals surface area contributed by atoms with Gasteiger partial charge in [-0.25, -0.2) is 4.98 Å². The number of anilines is 1. The number of nitrogens with zero attached hydrogens (tertiary/aromatic N) is 3. The summed E-state index contributed by atoms with van der Waals surface area (Å²) in [6, 6.07) is 13.5. The molecular formula is C20H21ClN4O. The topological polar surface area (TPSA) is 52.2 Å². The summed E-state index contributed by atoms with van der Waals surface area (Å²) in [5.41, 5.74) is 3.12. The predicted octanol–water partition coefficient (Wildman–Crippen LogP) is 3.21. The van der Waals surface area contributed by atoms with Crippen molar-refractivity contribution in [2.75, 3.05) is 31.1 Å². The van der Waals surface area contributed by atoms with Crippen LogP contribution >= 0.6 is 11.6 Å². The van der Waals surface area contributed by atoms with Crippen LogP contribution < -0.4 is 10.5 Å². The van der Waals surface area contributed by atoms with Gasteiger partial charge in [-0.05, 0) is 36.8 Å². The van der Waals surface area contributed by atoms with Crippen molar-refractivity contribution in [3.05, 3.63) is 69.2 Å². The number of hydrogen-bond donors (Lipinski definition) is 1. The van der Waals surface area contributed by atoms with Gasteiger partial charge in [0.25, 0.3) is 5.56 Å². The lowest BCUT2D eigenvalue weighted by atomic mass is 10.1. The molecule has 134 valence electrons. The molecular weight excluding hydrogens is 348 g/mol. The molecule has 0 unspecified atom stereocenters. The molecule has 1 aromatic heterocycles. The Morgan fingerprint density at radius 2 is 1.88 bits per heavy atom. The molecule has 3 aromatic rings. The van der Waals surface area contributed by atoms with E-state index >= 15 is 0 Å². The van der Waals surface area contributed by atoms with Crippen molar-refractivity contribution in [2.45, 2.75) is 13.5 Å². The number of piperazine rings is 1. The van der Waals surface area contributed by atoms with Crippen LogP contribution in [0.4, 0.5) is 5.69 Å². The summed E-state index contributed by atoms with van der Waals surface area (Å²) in [6.45, 7) is 6.47. The Labute approximate surface area is 157 Å². The standard InChI is InChI=1S/C20H21ClN4O/c1-14-6-7-15(21)12-18(14)25-10-8-24(9-11-25)13-19-22-17-5-3-2-4-16(17)20(26)23-19/h2-7,12H,8-11,13H2,1H3,(H,22,23,26). The van der Waals surface area contributed by atoms with Crippen LogP contribution in [0.25, 0.3) is 10.9 Å². The van der Waals surface area contributed by atoms with Crippen molar-refractivity contribution in [2.24, 2.45) is 0 Å². The van der Waals surface area contributed by atoms with Crippen LogP contribution in [0.5, 0.6) is 0 Å². The Morgan fingerprint density at radius 1 is 1.12 bits per heavy atom. The number of rotatable bonds is 3. The van der Waals surface area contributed by atoms with Crippen LogP contribution in [0.3, 0.4) is 0 Å². The van der Waals surface area contributed by atoms with E-state index in [9.17, 15) is 4.79 Å². The van der Waals surface area contributed by atoms with E-state index in [4.69, 9.17) is 11.6 Å². The summed E-state index contributed by atoms with van der Waals surface area (Å²) in [7, 11) is 0. The fourth-order valence-corrected chi connectivity index (χ4v) is 3.66. The number of aromatic nitrogens is 2. The molecule has 1 saturated heterocycles. The van der Waals surface area contributed by atoms with Gasteiger partial charge in [0.1, 0.15) is 5.82 Å². The number of halogens is 1. The molecule has 1 aliphatic rings. The van der Waals surface area contributed by atoms with Gasteiger partial charge in [-0.2, -0.15) is 0 Å². The molecule has 0 atom stereocenters. The Kier molecular flexibility index (Phi) is 4.66. The van der Waals surface area contributed by atoms with Crippen molar-refractivity contribution in [1.82, 2.24) is 14.9 Å². The summed E-state index contributed by atoms with van der Waals surface area (Å²) in [5, 5.41) is 1.41. The van der Waals surface area contributed by atoms with Crippen molar-refractivity contribution >= 4 is 28.2 Å². The van der Waals surface area contributed by atoms with Crippen molar-refractivity contribution in [3.8, 4) is 0 Å². The van der Waals surface area contributed by atoms with E-state index in [0.717, 1.165) is 42.5 Å². The first kappa shape index (κ1) is 17.1. The molecule has 1 N–H and O–H groups in total. The average molecular weight is 369 g/mol. The lowest BCUT2D eigenvalue weighted by molar-refractivity contribution is 0.244. The van der Waals surface area contributed by atoms with Gasteiger partial charge < -0.3 is 9.88 Å². The Morgan fingerprint density at radius 3 is 2.69 bits per heavy atom. The first-order chi connectivity index (χ1) is 12.6. The van der Waals surface area contributed by atoms with Crippen molar-refractivity contribution in [1.29, 1.82) is 0 Å². The minimum absolute atomic E-state index is 0.0706. The molecule has 2 aromatic carbocycles. The summed E-state index contributed by atoms with van der Waals surface area (Å²) < 4.78 is 0. The van der Waals surface area contributed by atoms with E-state index in [1.165, 1.54) is 11.3 Å². The van der Waals surface area contributed by atoms with Crippen LogP contribution in [0, 0.1) is 6.92 Å². The maximum absolute atomic E-state index is 12.2. The van der Waals surface area contributed by atoms with Crippen molar-refractivity contribution < 1.29 is 0 Å². The van der Waals surface area contributed by atoms with Gasteiger partial charge in [0.15, 0.2) is 0 Å². The number of aryl methyl sites for hydroxylation is 1. The maximum atomic E-state index is 12.2. The first-order valence-corrected chi connectivity index (χ1v) is 9.19. The second-order valence-electron chi connectivity index (χ2n) is 6.72. The number of nitrogens with one attached hydrogen (secondary N) is 1. The molecule has 5 nitrogen and oxygen atoms in total. The quantitative estimate of drug-likeness (QED) is 0.771. The van der Waals surface area contributed by atoms with E-state index in [2.05, 4.69) is 32.8 Å². The van der Waals surface area contributed by atoms with Gasteiger partial charge in [0.2, 0.25) is 0 Å². The van der Waals surface area contributed by atoms with E-state index in [0.29, 0.717) is 11.9 Å². The molecule has 0 bridgehead atoms. The maximum Gasteiger partial charge on any atom is 0.258 e. The normalized spacial score (nSPS) is 15.5. The molecule has 26 heavy (non-hydrogen) atoms. The first-order valence-electron chi connectivity index (χ1n) is 8.81. The highest BCUT2D eigenvalue weighted by molar-refractivity contribution is 6.30. The fourth-order valence-electron chi connectivity index (χ4n) is 3.49. The van der Waals surface area contributed by atoms with Gasteiger partial charge in [-0.15, -0.1) is 0 Å². The monoisotopic (exact) mass is 368 g/mol. The zero-order valence-electron chi connectivity index (χ0n) is 14.7. The summed E-state index contributed by atoms with van der Waals surface area (Å²) in [5.74, 6) is 0.723. The van der Waals surface area contributed by atoms with Crippen LogP contribution in [0.2, 0.25) is 5.02 Å². The third-order valence-corrected chi connectivity index (χ3v) is 5.15. The largest absolute Gasteiger partial charge is 0.369 e. The van der Waals surface area contributed by atoms with Gasteiger partial charge in [0, 0.05) is 36.9 Å². The molecule has 0 radical (unpaired) electrons. The highest BCUT2D eigenvalue weighted by Crippen LogP contribution is 2.25. The number of fused-ring (bicyclic) bond motifs is 1. The predicted molar refractivity (Wildman–Crippen MR) is 106 cm³/mol. The number of H-pyrrole nitrogens is 1. The third kappa shape index (κ3) is 3.45. The Hall–Kier alpha value is -2.37. The minimum Gasteiger partial charge on any atom is -0.369 e. The molecule has 6 heteroatoms. The van der Waals surface area contributed by atoms with Crippen LogP contribution in [-0.4, -0.2) is 41.0 Å². The highest BCUT2D eigenvalue weighted by atomic mass is 35.5. The minimum atomic E-state index is -0.0706. The number of benzene rings is 2. The second kappa shape index (κ2) is 7.09. The third-order valence-electron chi connectivity index (χ3n) is 4.92.